The first-order valence-corrected chi connectivity index (χ1v) is 9.93. The van der Waals surface area contributed by atoms with Crippen LogP contribution in [0.3, 0.4) is 0 Å². The van der Waals surface area contributed by atoms with Gasteiger partial charge in [0.2, 0.25) is 5.91 Å². The third-order valence-electron chi connectivity index (χ3n) is 5.02. The summed E-state index contributed by atoms with van der Waals surface area (Å²) in [6.07, 6.45) is 6.65. The molecular weight excluding hydrogens is 337 g/mol. The maximum atomic E-state index is 13.0. The van der Waals surface area contributed by atoms with Crippen molar-refractivity contribution in [3.63, 3.8) is 0 Å². The highest BCUT2D eigenvalue weighted by atomic mass is 32.2. The highest BCUT2D eigenvalue weighted by Gasteiger charge is 2.35. The first kappa shape index (κ1) is 18.2. The summed E-state index contributed by atoms with van der Waals surface area (Å²) in [5.41, 5.74) is 0.628. The van der Waals surface area contributed by atoms with E-state index in [4.69, 9.17) is 4.99 Å². The van der Waals surface area contributed by atoms with Gasteiger partial charge in [0.15, 0.2) is 5.17 Å². The molecule has 2 unspecified atom stereocenters. The number of amides is 1. The monoisotopic (exact) mass is 363 g/mol. The number of amidine groups is 1. The summed E-state index contributed by atoms with van der Waals surface area (Å²) in [6, 6.07) is 6.44. The zero-order chi connectivity index (χ0) is 17.8. The maximum Gasteiger partial charge on any atom is 0.226 e. The molecule has 1 N–H and O–H groups in total. The molecule has 3 rings (SSSR count). The molecule has 0 aromatic heterocycles. The fraction of sp³-hybridized carbons (Fsp3) is 0.579. The molecular formula is C19H26FN3OS. The van der Waals surface area contributed by atoms with Crippen molar-refractivity contribution >= 4 is 28.5 Å². The van der Waals surface area contributed by atoms with Crippen LogP contribution in [0.15, 0.2) is 29.3 Å². The number of carbonyl (C=O) groups is 1. The van der Waals surface area contributed by atoms with Gasteiger partial charge in [-0.05, 0) is 37.1 Å². The molecule has 6 heteroatoms. The van der Waals surface area contributed by atoms with E-state index in [2.05, 4.69) is 17.1 Å². The molecule has 1 amide bonds. The molecule has 1 aromatic carbocycles. The summed E-state index contributed by atoms with van der Waals surface area (Å²) in [6.45, 7) is 2.15. The molecule has 0 radical (unpaired) electrons. The van der Waals surface area contributed by atoms with Crippen molar-refractivity contribution < 1.29 is 9.18 Å². The van der Waals surface area contributed by atoms with Gasteiger partial charge in [0, 0.05) is 24.4 Å². The molecule has 1 saturated carbocycles. The first-order chi connectivity index (χ1) is 12.0. The molecule has 1 aliphatic heterocycles. The van der Waals surface area contributed by atoms with Gasteiger partial charge in [0.05, 0.1) is 12.1 Å². The van der Waals surface area contributed by atoms with Crippen LogP contribution in [0.5, 0.6) is 0 Å². The number of anilines is 1. The average molecular weight is 364 g/mol. The first-order valence-electron chi connectivity index (χ1n) is 9.05. The van der Waals surface area contributed by atoms with E-state index in [9.17, 15) is 9.18 Å². The van der Waals surface area contributed by atoms with Crippen molar-refractivity contribution in [2.75, 3.05) is 12.4 Å². The van der Waals surface area contributed by atoms with Crippen LogP contribution in [0.1, 0.15) is 45.4 Å². The van der Waals surface area contributed by atoms with Crippen LogP contribution >= 0.6 is 11.8 Å². The Hall–Kier alpha value is -1.56. The Morgan fingerprint density at radius 3 is 2.64 bits per heavy atom. The van der Waals surface area contributed by atoms with Crippen LogP contribution in [-0.2, 0) is 4.79 Å². The van der Waals surface area contributed by atoms with Crippen LogP contribution in [0.25, 0.3) is 0 Å². The highest BCUT2D eigenvalue weighted by molar-refractivity contribution is 8.14. The molecule has 1 saturated heterocycles. The number of halogens is 1. The standard InChI is InChI=1S/C19H26FN3OS/c1-13-17(12-18(24)21-16-10-8-14(20)9-11-16)23(2)19(25-13)22-15-6-4-3-5-7-15/h8-11,13,15,17H,3-7,12H2,1-2H3,(H,21,24). The summed E-state index contributed by atoms with van der Waals surface area (Å²) < 4.78 is 13.0. The van der Waals surface area contributed by atoms with E-state index in [1.165, 1.54) is 44.2 Å². The van der Waals surface area contributed by atoms with E-state index < -0.39 is 0 Å². The van der Waals surface area contributed by atoms with Crippen molar-refractivity contribution in [1.29, 1.82) is 0 Å². The number of thioether (sulfide) groups is 1. The fourth-order valence-electron chi connectivity index (χ4n) is 3.51. The summed E-state index contributed by atoms with van der Waals surface area (Å²) in [4.78, 5) is 19.5. The third kappa shape index (κ3) is 4.75. The lowest BCUT2D eigenvalue weighted by Crippen LogP contribution is -2.36. The summed E-state index contributed by atoms with van der Waals surface area (Å²) in [5, 5.41) is 4.25. The minimum atomic E-state index is -0.304. The van der Waals surface area contributed by atoms with Crippen LogP contribution in [0.2, 0.25) is 0 Å². The van der Waals surface area contributed by atoms with E-state index in [-0.39, 0.29) is 17.8 Å². The second-order valence-electron chi connectivity index (χ2n) is 6.96. The van der Waals surface area contributed by atoms with Crippen LogP contribution in [-0.4, -0.2) is 40.4 Å². The van der Waals surface area contributed by atoms with Crippen molar-refractivity contribution in [3.8, 4) is 0 Å². The van der Waals surface area contributed by atoms with Crippen molar-refractivity contribution in [2.24, 2.45) is 4.99 Å². The number of carbonyl (C=O) groups excluding carboxylic acids is 1. The fourth-order valence-corrected chi connectivity index (χ4v) is 4.79. The van der Waals surface area contributed by atoms with Gasteiger partial charge in [-0.1, -0.05) is 37.9 Å². The summed E-state index contributed by atoms with van der Waals surface area (Å²) in [7, 11) is 2.04. The molecule has 1 aromatic rings. The Bertz CT molecular complexity index is 628. The van der Waals surface area contributed by atoms with Gasteiger partial charge in [-0.3, -0.25) is 9.79 Å². The highest BCUT2D eigenvalue weighted by Crippen LogP contribution is 2.33. The average Bonchev–Trinajstić information content (AvgIpc) is 2.85. The number of hydrogen-bond donors (Lipinski definition) is 1. The van der Waals surface area contributed by atoms with Crippen molar-refractivity contribution in [2.45, 2.75) is 62.8 Å². The van der Waals surface area contributed by atoms with Crippen molar-refractivity contribution in [3.05, 3.63) is 30.1 Å². The largest absolute Gasteiger partial charge is 0.350 e. The van der Waals surface area contributed by atoms with E-state index in [0.717, 1.165) is 5.17 Å². The number of rotatable bonds is 4. The number of nitrogens with one attached hydrogen (secondary N) is 1. The van der Waals surface area contributed by atoms with Gasteiger partial charge >= 0.3 is 0 Å². The number of benzene rings is 1. The zero-order valence-electron chi connectivity index (χ0n) is 14.9. The zero-order valence-corrected chi connectivity index (χ0v) is 15.7. The molecule has 2 atom stereocenters. The minimum absolute atomic E-state index is 0.0465. The van der Waals surface area contributed by atoms with E-state index in [1.54, 1.807) is 23.9 Å². The van der Waals surface area contributed by atoms with Crippen LogP contribution < -0.4 is 5.32 Å². The predicted molar refractivity (Wildman–Crippen MR) is 103 cm³/mol. The lowest BCUT2D eigenvalue weighted by Gasteiger charge is -2.24. The lowest BCUT2D eigenvalue weighted by molar-refractivity contribution is -0.117. The normalized spacial score (nSPS) is 26.2. The molecule has 1 aliphatic carbocycles. The molecule has 0 spiro atoms. The molecule has 2 aliphatic rings. The Morgan fingerprint density at radius 1 is 1.28 bits per heavy atom. The molecule has 4 nitrogen and oxygen atoms in total. The SMILES string of the molecule is CC1SC(=NC2CCCCC2)N(C)C1CC(=O)Nc1ccc(F)cc1. The molecule has 0 bridgehead atoms. The lowest BCUT2D eigenvalue weighted by atomic mass is 9.96. The van der Waals surface area contributed by atoms with E-state index in [1.807, 2.05) is 7.05 Å². The van der Waals surface area contributed by atoms with Gasteiger partial charge in [-0.2, -0.15) is 0 Å². The Balaban J connectivity index is 1.59. The molecule has 25 heavy (non-hydrogen) atoms. The molecule has 1 heterocycles. The second-order valence-corrected chi connectivity index (χ2v) is 8.31. The molecule has 136 valence electrons. The number of aliphatic imine (C=N–C) groups is 1. The summed E-state index contributed by atoms with van der Waals surface area (Å²) in [5.74, 6) is -0.350. The van der Waals surface area contributed by atoms with Crippen LogP contribution in [0.4, 0.5) is 10.1 Å². The Morgan fingerprint density at radius 2 is 1.96 bits per heavy atom. The van der Waals surface area contributed by atoms with Gasteiger partial charge in [-0.15, -0.1) is 0 Å². The Kier molecular flexibility index (Phi) is 5.99. The minimum Gasteiger partial charge on any atom is -0.350 e. The van der Waals surface area contributed by atoms with Gasteiger partial charge in [-0.25, -0.2) is 4.39 Å². The Labute approximate surface area is 153 Å². The van der Waals surface area contributed by atoms with E-state index in [0.29, 0.717) is 23.4 Å². The topological polar surface area (TPSA) is 44.7 Å². The quantitative estimate of drug-likeness (QED) is 0.868. The summed E-state index contributed by atoms with van der Waals surface area (Å²) >= 11 is 1.77. The smallest absolute Gasteiger partial charge is 0.226 e. The van der Waals surface area contributed by atoms with Crippen molar-refractivity contribution in [1.82, 2.24) is 4.90 Å². The van der Waals surface area contributed by atoms with Gasteiger partial charge in [0.25, 0.3) is 0 Å². The second kappa shape index (κ2) is 8.21. The maximum absolute atomic E-state index is 13.0. The van der Waals surface area contributed by atoms with Gasteiger partial charge < -0.3 is 10.2 Å². The number of nitrogens with zero attached hydrogens (tertiary/aromatic N) is 2. The third-order valence-corrected chi connectivity index (χ3v) is 6.31. The van der Waals surface area contributed by atoms with Crippen LogP contribution in [0, 0.1) is 5.82 Å². The van der Waals surface area contributed by atoms with E-state index >= 15 is 0 Å². The van der Waals surface area contributed by atoms with Gasteiger partial charge in [0.1, 0.15) is 5.82 Å². The molecule has 2 fully saturated rings. The number of hydrogen-bond acceptors (Lipinski definition) is 3. The predicted octanol–water partition coefficient (Wildman–Crippen LogP) is 4.28.